The normalized spacial score (nSPS) is 16.5. The van der Waals surface area contributed by atoms with E-state index in [2.05, 4.69) is 38.0 Å². The minimum Gasteiger partial charge on any atom is -0.353 e. The van der Waals surface area contributed by atoms with Crippen LogP contribution in [0.25, 0.3) is 11.0 Å². The molecule has 3 heterocycles. The van der Waals surface area contributed by atoms with E-state index in [9.17, 15) is 0 Å². The van der Waals surface area contributed by atoms with E-state index in [1.54, 1.807) is 17.2 Å². The Morgan fingerprint density at radius 1 is 1.25 bits per heavy atom. The van der Waals surface area contributed by atoms with Crippen molar-refractivity contribution in [1.29, 1.82) is 5.26 Å². The summed E-state index contributed by atoms with van der Waals surface area (Å²) in [7, 11) is 2.13. The average Bonchev–Trinajstić information content (AvgIpc) is 2.89. The van der Waals surface area contributed by atoms with Gasteiger partial charge in [-0.2, -0.15) is 10.4 Å². The molecule has 0 aliphatic carbocycles. The molecule has 0 atom stereocenters. The van der Waals surface area contributed by atoms with Crippen LogP contribution in [0.15, 0.2) is 12.5 Å². The van der Waals surface area contributed by atoms with Crippen molar-refractivity contribution in [2.75, 3.05) is 38.1 Å². The highest BCUT2D eigenvalue weighted by Gasteiger charge is 2.19. The molecule has 0 amide bonds. The Balaban J connectivity index is 1.92. The van der Waals surface area contributed by atoms with Crippen molar-refractivity contribution in [1.82, 2.24) is 24.6 Å². The van der Waals surface area contributed by atoms with Crippen LogP contribution in [0.1, 0.15) is 6.42 Å². The molecule has 20 heavy (non-hydrogen) atoms. The van der Waals surface area contributed by atoms with Gasteiger partial charge in [0, 0.05) is 26.2 Å². The highest BCUT2D eigenvalue weighted by molar-refractivity contribution is 5.86. The first-order valence-corrected chi connectivity index (χ1v) is 6.76. The van der Waals surface area contributed by atoms with E-state index < -0.39 is 0 Å². The molecule has 1 aliphatic heterocycles. The van der Waals surface area contributed by atoms with E-state index in [0.29, 0.717) is 13.0 Å². The lowest BCUT2D eigenvalue weighted by Gasteiger charge is -2.33. The fraction of sp³-hybridized carbons (Fsp3) is 0.538. The maximum Gasteiger partial charge on any atom is 0.163 e. The molecule has 1 aliphatic rings. The first-order chi connectivity index (χ1) is 9.79. The number of likely N-dealkylation sites (N-methyl/N-ethyl adjacent to an activating group) is 1. The number of nitriles is 1. The van der Waals surface area contributed by atoms with Crippen molar-refractivity contribution >= 4 is 16.9 Å². The lowest BCUT2D eigenvalue weighted by molar-refractivity contribution is 0.312. The predicted octanol–water partition coefficient (Wildman–Crippen LogP) is 0.492. The highest BCUT2D eigenvalue weighted by Crippen LogP contribution is 2.23. The molecule has 0 bridgehead atoms. The van der Waals surface area contributed by atoms with E-state index in [1.807, 2.05) is 0 Å². The summed E-state index contributed by atoms with van der Waals surface area (Å²) in [5, 5.41) is 14.0. The number of rotatable bonds is 3. The third kappa shape index (κ3) is 2.30. The van der Waals surface area contributed by atoms with Crippen molar-refractivity contribution in [3.63, 3.8) is 0 Å². The highest BCUT2D eigenvalue weighted by atomic mass is 15.3. The molecule has 1 fully saturated rings. The Kier molecular flexibility index (Phi) is 3.48. The van der Waals surface area contributed by atoms with E-state index >= 15 is 0 Å². The third-order valence-corrected chi connectivity index (χ3v) is 3.65. The Labute approximate surface area is 117 Å². The van der Waals surface area contributed by atoms with Crippen LogP contribution in [0.5, 0.6) is 0 Å². The lowest BCUT2D eigenvalue weighted by atomic mass is 10.3. The fourth-order valence-corrected chi connectivity index (χ4v) is 2.47. The summed E-state index contributed by atoms with van der Waals surface area (Å²) >= 11 is 0. The van der Waals surface area contributed by atoms with Gasteiger partial charge < -0.3 is 9.80 Å². The maximum absolute atomic E-state index is 8.68. The molecule has 2 aromatic rings. The summed E-state index contributed by atoms with van der Waals surface area (Å²) in [6.07, 6.45) is 3.82. The predicted molar refractivity (Wildman–Crippen MR) is 75.3 cm³/mol. The van der Waals surface area contributed by atoms with Gasteiger partial charge in [-0.3, -0.25) is 0 Å². The molecule has 1 saturated heterocycles. The Morgan fingerprint density at radius 3 is 2.80 bits per heavy atom. The zero-order valence-corrected chi connectivity index (χ0v) is 11.5. The number of hydrogen-bond donors (Lipinski definition) is 0. The molecule has 3 rings (SSSR count). The minimum atomic E-state index is 0.435. The molecule has 0 unspecified atom stereocenters. The van der Waals surface area contributed by atoms with Gasteiger partial charge in [0.25, 0.3) is 0 Å². The van der Waals surface area contributed by atoms with Gasteiger partial charge >= 0.3 is 0 Å². The zero-order valence-electron chi connectivity index (χ0n) is 11.5. The second kappa shape index (κ2) is 5.43. The van der Waals surface area contributed by atoms with Crippen LogP contribution in [0.3, 0.4) is 0 Å². The summed E-state index contributed by atoms with van der Waals surface area (Å²) in [6, 6.07) is 2.13. The van der Waals surface area contributed by atoms with Crippen LogP contribution in [0.2, 0.25) is 0 Å². The molecular formula is C13H17N7. The van der Waals surface area contributed by atoms with E-state index in [-0.39, 0.29) is 0 Å². The first kappa shape index (κ1) is 12.8. The number of fused-ring (bicyclic) bond motifs is 1. The molecule has 0 radical (unpaired) electrons. The second-order valence-electron chi connectivity index (χ2n) is 5.00. The summed E-state index contributed by atoms with van der Waals surface area (Å²) < 4.78 is 1.78. The standard InChI is InChI=1S/C13H17N7/c1-18-5-7-19(8-6-18)12-11-9-17-20(4-2-3-14)13(11)16-10-15-12/h9-10H,2,4-8H2,1H3. The lowest BCUT2D eigenvalue weighted by Crippen LogP contribution is -2.44. The summed E-state index contributed by atoms with van der Waals surface area (Å²) in [5.74, 6) is 0.950. The fourth-order valence-electron chi connectivity index (χ4n) is 2.47. The molecule has 2 aromatic heterocycles. The molecule has 0 N–H and O–H groups in total. The summed E-state index contributed by atoms with van der Waals surface area (Å²) in [6.45, 7) is 4.57. The van der Waals surface area contributed by atoms with E-state index in [0.717, 1.165) is 43.0 Å². The van der Waals surface area contributed by atoms with Crippen LogP contribution in [0.4, 0.5) is 5.82 Å². The monoisotopic (exact) mass is 271 g/mol. The Bertz CT molecular complexity index is 634. The van der Waals surface area contributed by atoms with Crippen molar-refractivity contribution in [2.24, 2.45) is 0 Å². The van der Waals surface area contributed by atoms with Gasteiger partial charge in [-0.05, 0) is 7.05 Å². The number of nitrogens with zero attached hydrogens (tertiary/aromatic N) is 7. The largest absolute Gasteiger partial charge is 0.353 e. The Hall–Kier alpha value is -2.20. The Morgan fingerprint density at radius 2 is 2.05 bits per heavy atom. The molecule has 7 nitrogen and oxygen atoms in total. The van der Waals surface area contributed by atoms with Crippen molar-refractivity contribution in [3.05, 3.63) is 12.5 Å². The average molecular weight is 271 g/mol. The maximum atomic E-state index is 8.68. The van der Waals surface area contributed by atoms with Gasteiger partial charge in [-0.1, -0.05) is 0 Å². The van der Waals surface area contributed by atoms with Crippen LogP contribution >= 0.6 is 0 Å². The van der Waals surface area contributed by atoms with Gasteiger partial charge in [-0.25, -0.2) is 14.6 Å². The van der Waals surface area contributed by atoms with Gasteiger partial charge in [0.05, 0.1) is 30.6 Å². The summed E-state index contributed by atoms with van der Waals surface area (Å²) in [4.78, 5) is 13.3. The van der Waals surface area contributed by atoms with Crippen molar-refractivity contribution < 1.29 is 0 Å². The number of aryl methyl sites for hydroxylation is 1. The van der Waals surface area contributed by atoms with Crippen LogP contribution in [-0.4, -0.2) is 57.9 Å². The summed E-state index contributed by atoms with van der Waals surface area (Å²) in [5.41, 5.74) is 0.809. The zero-order chi connectivity index (χ0) is 13.9. The number of anilines is 1. The van der Waals surface area contributed by atoms with Gasteiger partial charge in [-0.15, -0.1) is 0 Å². The smallest absolute Gasteiger partial charge is 0.163 e. The van der Waals surface area contributed by atoms with E-state index in [1.165, 1.54) is 0 Å². The van der Waals surface area contributed by atoms with Crippen LogP contribution < -0.4 is 4.90 Å². The van der Waals surface area contributed by atoms with Crippen molar-refractivity contribution in [3.8, 4) is 6.07 Å². The topological polar surface area (TPSA) is 73.9 Å². The molecule has 0 spiro atoms. The second-order valence-corrected chi connectivity index (χ2v) is 5.00. The third-order valence-electron chi connectivity index (χ3n) is 3.65. The van der Waals surface area contributed by atoms with Crippen molar-refractivity contribution in [2.45, 2.75) is 13.0 Å². The van der Waals surface area contributed by atoms with Gasteiger partial charge in [0.15, 0.2) is 5.65 Å². The number of piperazine rings is 1. The van der Waals surface area contributed by atoms with Crippen LogP contribution in [-0.2, 0) is 6.54 Å². The number of aromatic nitrogens is 4. The molecule has 0 saturated carbocycles. The number of hydrogen-bond acceptors (Lipinski definition) is 6. The van der Waals surface area contributed by atoms with Gasteiger partial charge in [0.1, 0.15) is 12.1 Å². The SMILES string of the molecule is CN1CCN(c2ncnc3c2cnn3CCC#N)CC1. The molecule has 7 heteroatoms. The quantitative estimate of drug-likeness (QED) is 0.809. The molecule has 0 aromatic carbocycles. The van der Waals surface area contributed by atoms with E-state index in [4.69, 9.17) is 5.26 Å². The molecular weight excluding hydrogens is 254 g/mol. The van der Waals surface area contributed by atoms with Crippen LogP contribution in [0, 0.1) is 11.3 Å². The first-order valence-electron chi connectivity index (χ1n) is 6.76. The van der Waals surface area contributed by atoms with Gasteiger partial charge in [0.2, 0.25) is 0 Å². The minimum absolute atomic E-state index is 0.435. The molecule has 104 valence electrons.